The fourth-order valence-electron chi connectivity index (χ4n) is 1.87. The van der Waals surface area contributed by atoms with Crippen LogP contribution in [0, 0.1) is 0 Å². The van der Waals surface area contributed by atoms with E-state index in [9.17, 15) is 8.42 Å². The minimum atomic E-state index is -3.44. The second-order valence-electron chi connectivity index (χ2n) is 4.39. The van der Waals surface area contributed by atoms with E-state index in [1.807, 2.05) is 19.2 Å². The highest BCUT2D eigenvalue weighted by Gasteiger charge is 2.26. The third-order valence-corrected chi connectivity index (χ3v) is 5.78. The second kappa shape index (κ2) is 7.28. The van der Waals surface area contributed by atoms with E-state index in [1.54, 1.807) is 37.0 Å². The van der Waals surface area contributed by atoms with E-state index in [-0.39, 0.29) is 6.04 Å². The van der Waals surface area contributed by atoms with Gasteiger partial charge in [0.25, 0.3) is 0 Å². The Morgan fingerprint density at radius 1 is 1.42 bits per heavy atom. The molecular formula is C13H22N2O2S2. The van der Waals surface area contributed by atoms with Crippen LogP contribution in [0.2, 0.25) is 0 Å². The minimum Gasteiger partial charge on any atom is -0.326 e. The van der Waals surface area contributed by atoms with E-state index in [1.165, 1.54) is 4.31 Å². The van der Waals surface area contributed by atoms with E-state index in [2.05, 4.69) is 0 Å². The van der Waals surface area contributed by atoms with Crippen LogP contribution in [-0.4, -0.2) is 37.8 Å². The first-order valence-corrected chi connectivity index (χ1v) is 9.06. The van der Waals surface area contributed by atoms with Crippen LogP contribution in [0.25, 0.3) is 0 Å². The molecule has 0 radical (unpaired) electrons. The van der Waals surface area contributed by atoms with Crippen molar-refractivity contribution in [3.8, 4) is 0 Å². The summed E-state index contributed by atoms with van der Waals surface area (Å²) in [6, 6.07) is 6.85. The summed E-state index contributed by atoms with van der Waals surface area (Å²) in [6.45, 7) is 2.35. The highest BCUT2D eigenvalue weighted by molar-refractivity contribution is 7.98. The van der Waals surface area contributed by atoms with Crippen molar-refractivity contribution in [1.29, 1.82) is 0 Å². The molecule has 1 aromatic carbocycles. The van der Waals surface area contributed by atoms with Crippen LogP contribution in [-0.2, 0) is 16.6 Å². The van der Waals surface area contributed by atoms with Crippen molar-refractivity contribution in [1.82, 2.24) is 4.31 Å². The van der Waals surface area contributed by atoms with Crippen molar-refractivity contribution in [2.24, 2.45) is 5.73 Å². The summed E-state index contributed by atoms with van der Waals surface area (Å²) in [5.74, 6) is 0.794. The molecule has 4 nitrogen and oxygen atoms in total. The molecule has 0 aliphatic carbocycles. The molecule has 0 amide bonds. The first-order valence-electron chi connectivity index (χ1n) is 6.23. The van der Waals surface area contributed by atoms with E-state index in [0.717, 1.165) is 17.7 Å². The third kappa shape index (κ3) is 3.95. The van der Waals surface area contributed by atoms with Crippen molar-refractivity contribution in [2.45, 2.75) is 30.8 Å². The zero-order valence-corrected chi connectivity index (χ0v) is 13.3. The topological polar surface area (TPSA) is 63.4 Å². The fraction of sp³-hybridized carbons (Fsp3) is 0.538. The summed E-state index contributed by atoms with van der Waals surface area (Å²) in [7, 11) is -1.79. The summed E-state index contributed by atoms with van der Waals surface area (Å²) in [4.78, 5) is 0.317. The number of hydrogen-bond donors (Lipinski definition) is 1. The summed E-state index contributed by atoms with van der Waals surface area (Å²) in [5.41, 5.74) is 6.39. The Morgan fingerprint density at radius 3 is 2.63 bits per heavy atom. The lowest BCUT2D eigenvalue weighted by Crippen LogP contribution is -2.38. The molecule has 0 bridgehead atoms. The number of sulfonamides is 1. The maximum Gasteiger partial charge on any atom is 0.243 e. The van der Waals surface area contributed by atoms with Gasteiger partial charge < -0.3 is 5.73 Å². The number of benzene rings is 1. The highest BCUT2D eigenvalue weighted by Crippen LogP contribution is 2.20. The van der Waals surface area contributed by atoms with E-state index < -0.39 is 10.0 Å². The van der Waals surface area contributed by atoms with Gasteiger partial charge in [-0.2, -0.15) is 16.1 Å². The average Bonchev–Trinajstić information content (AvgIpc) is 2.44. The maximum absolute atomic E-state index is 12.6. The zero-order chi connectivity index (χ0) is 14.5. The van der Waals surface area contributed by atoms with Crippen LogP contribution in [0.1, 0.15) is 18.9 Å². The van der Waals surface area contributed by atoms with Gasteiger partial charge in [-0.3, -0.25) is 0 Å². The summed E-state index contributed by atoms with van der Waals surface area (Å²) < 4.78 is 26.6. The summed E-state index contributed by atoms with van der Waals surface area (Å²) >= 11 is 1.66. The Kier molecular flexibility index (Phi) is 6.32. The Labute approximate surface area is 120 Å². The van der Waals surface area contributed by atoms with Gasteiger partial charge in [0.2, 0.25) is 10.0 Å². The molecule has 0 aliphatic rings. The third-order valence-electron chi connectivity index (χ3n) is 3.16. The van der Waals surface area contributed by atoms with Gasteiger partial charge in [0.1, 0.15) is 0 Å². The smallest absolute Gasteiger partial charge is 0.243 e. The molecule has 1 rings (SSSR count). The Hall–Kier alpha value is -0.560. The van der Waals surface area contributed by atoms with Crippen LogP contribution in [0.3, 0.4) is 0 Å². The minimum absolute atomic E-state index is 0.0153. The lowest BCUT2D eigenvalue weighted by atomic mass is 10.2. The number of rotatable bonds is 7. The molecule has 1 aromatic rings. The average molecular weight is 302 g/mol. The Bertz CT molecular complexity index is 503. The molecule has 0 saturated carbocycles. The number of hydrogen-bond acceptors (Lipinski definition) is 4. The van der Waals surface area contributed by atoms with Crippen molar-refractivity contribution >= 4 is 21.8 Å². The zero-order valence-electron chi connectivity index (χ0n) is 11.7. The lowest BCUT2D eigenvalue weighted by molar-refractivity contribution is 0.385. The molecule has 2 N–H and O–H groups in total. The largest absolute Gasteiger partial charge is 0.326 e. The Balaban J connectivity index is 3.07. The SMILES string of the molecule is CCC(CSC)N(C)S(=O)(=O)c1cccc(CN)c1. The molecular weight excluding hydrogens is 280 g/mol. The fourth-order valence-corrected chi connectivity index (χ4v) is 4.31. The van der Waals surface area contributed by atoms with Crippen molar-refractivity contribution in [3.63, 3.8) is 0 Å². The number of nitrogens with two attached hydrogens (primary N) is 1. The van der Waals surface area contributed by atoms with Crippen LogP contribution < -0.4 is 5.73 Å². The molecule has 108 valence electrons. The van der Waals surface area contributed by atoms with Crippen LogP contribution in [0.15, 0.2) is 29.2 Å². The Morgan fingerprint density at radius 2 is 2.11 bits per heavy atom. The molecule has 1 unspecified atom stereocenters. The molecule has 19 heavy (non-hydrogen) atoms. The lowest BCUT2D eigenvalue weighted by Gasteiger charge is -2.26. The monoisotopic (exact) mass is 302 g/mol. The first kappa shape index (κ1) is 16.5. The quantitative estimate of drug-likeness (QED) is 0.835. The van der Waals surface area contributed by atoms with E-state index in [4.69, 9.17) is 5.73 Å². The predicted molar refractivity (Wildman–Crippen MR) is 81.7 cm³/mol. The van der Waals surface area contributed by atoms with Crippen LogP contribution in [0.5, 0.6) is 0 Å². The highest BCUT2D eigenvalue weighted by atomic mass is 32.2. The summed E-state index contributed by atoms with van der Waals surface area (Å²) in [6.07, 6.45) is 2.78. The van der Waals surface area contributed by atoms with E-state index >= 15 is 0 Å². The van der Waals surface area contributed by atoms with Gasteiger partial charge in [-0.15, -0.1) is 0 Å². The number of thioether (sulfide) groups is 1. The van der Waals surface area contributed by atoms with Crippen molar-refractivity contribution in [2.75, 3.05) is 19.1 Å². The van der Waals surface area contributed by atoms with Crippen LogP contribution in [0.4, 0.5) is 0 Å². The van der Waals surface area contributed by atoms with Crippen molar-refractivity contribution < 1.29 is 8.42 Å². The molecule has 6 heteroatoms. The van der Waals surface area contributed by atoms with E-state index in [0.29, 0.717) is 11.4 Å². The maximum atomic E-state index is 12.6. The first-order chi connectivity index (χ1) is 8.97. The van der Waals surface area contributed by atoms with Gasteiger partial charge in [-0.25, -0.2) is 8.42 Å². The second-order valence-corrected chi connectivity index (χ2v) is 7.30. The van der Waals surface area contributed by atoms with Crippen LogP contribution >= 0.6 is 11.8 Å². The normalized spacial score (nSPS) is 13.7. The molecule has 0 saturated heterocycles. The molecule has 0 aliphatic heterocycles. The summed E-state index contributed by atoms with van der Waals surface area (Å²) in [5, 5.41) is 0. The molecule has 1 atom stereocenters. The van der Waals surface area contributed by atoms with Gasteiger partial charge in [-0.05, 0) is 30.4 Å². The van der Waals surface area contributed by atoms with Gasteiger partial charge >= 0.3 is 0 Å². The standard InChI is InChI=1S/C13H22N2O2S2/c1-4-12(10-18-3)15(2)19(16,17)13-7-5-6-11(8-13)9-14/h5-8,12H,4,9-10,14H2,1-3H3. The van der Waals surface area contributed by atoms with Crippen molar-refractivity contribution in [3.05, 3.63) is 29.8 Å². The van der Waals surface area contributed by atoms with Gasteiger partial charge in [-0.1, -0.05) is 19.1 Å². The predicted octanol–water partition coefficient (Wildman–Crippen LogP) is 1.91. The number of nitrogens with zero attached hydrogens (tertiary/aromatic N) is 1. The molecule has 0 aromatic heterocycles. The van der Waals surface area contributed by atoms with Gasteiger partial charge in [0.05, 0.1) is 4.90 Å². The van der Waals surface area contributed by atoms with Gasteiger partial charge in [0, 0.05) is 25.4 Å². The van der Waals surface area contributed by atoms with Gasteiger partial charge in [0.15, 0.2) is 0 Å². The molecule has 0 spiro atoms. The molecule has 0 fully saturated rings. The molecule has 0 heterocycles.